The number of pyridine rings is 1. The number of unbranched alkanes of at least 4 members (excludes halogenated alkanes) is 2. The highest BCUT2D eigenvalue weighted by atomic mass is 32.2. The molecule has 0 saturated carbocycles. The molecule has 3 aromatic rings. The monoisotopic (exact) mass is 371 g/mol. The molecule has 0 amide bonds. The molecule has 2 aromatic heterocycles. The van der Waals surface area contributed by atoms with Gasteiger partial charge in [-0.1, -0.05) is 36.4 Å². The van der Waals surface area contributed by atoms with Gasteiger partial charge in [-0.05, 0) is 25.8 Å². The zero-order valence-corrected chi connectivity index (χ0v) is 16.2. The molecule has 0 radical (unpaired) electrons. The minimum absolute atomic E-state index is 0.198. The molecular formula is C20H25N3O2S. The van der Waals surface area contributed by atoms with Gasteiger partial charge < -0.3 is 9.30 Å². The van der Waals surface area contributed by atoms with Crippen LogP contribution in [0.15, 0.2) is 30.5 Å². The molecule has 0 fully saturated rings. The summed E-state index contributed by atoms with van der Waals surface area (Å²) >= 11 is 1.41. The maximum Gasteiger partial charge on any atom is 0.185 e. The van der Waals surface area contributed by atoms with Gasteiger partial charge in [0, 0.05) is 31.2 Å². The quantitative estimate of drug-likeness (QED) is 0.516. The molecule has 3 rings (SSSR count). The number of thioether (sulfide) groups is 1. The lowest BCUT2D eigenvalue weighted by Crippen LogP contribution is -2.06. The van der Waals surface area contributed by atoms with Gasteiger partial charge in [-0.3, -0.25) is 9.78 Å². The Balaban J connectivity index is 1.82. The summed E-state index contributed by atoms with van der Waals surface area (Å²) in [5, 5.41) is 1.33. The SMILES string of the molecule is CCOCc1nc2cnc3ccccc3c2n1CCCCCSC(C)=O. The van der Waals surface area contributed by atoms with Crippen molar-refractivity contribution in [2.75, 3.05) is 12.4 Å². The number of carbonyl (C=O) groups excluding carboxylic acids is 1. The third-order valence-corrected chi connectivity index (χ3v) is 5.22. The average Bonchev–Trinajstić information content (AvgIpc) is 3.00. The van der Waals surface area contributed by atoms with E-state index >= 15 is 0 Å². The number of aryl methyl sites for hydroxylation is 1. The van der Waals surface area contributed by atoms with Crippen LogP contribution in [-0.4, -0.2) is 32.0 Å². The summed E-state index contributed by atoms with van der Waals surface area (Å²) < 4.78 is 7.91. The number of hydrogen-bond donors (Lipinski definition) is 0. The number of rotatable bonds is 9. The van der Waals surface area contributed by atoms with Crippen LogP contribution >= 0.6 is 11.8 Å². The number of nitrogens with zero attached hydrogens (tertiary/aromatic N) is 3. The van der Waals surface area contributed by atoms with Gasteiger partial charge in [0.05, 0.1) is 17.2 Å². The summed E-state index contributed by atoms with van der Waals surface area (Å²) in [6, 6.07) is 8.20. The molecule has 0 unspecified atom stereocenters. The smallest absolute Gasteiger partial charge is 0.185 e. The zero-order chi connectivity index (χ0) is 18.4. The number of aromatic nitrogens is 3. The number of para-hydroxylation sites is 1. The molecule has 1 aromatic carbocycles. The molecule has 0 spiro atoms. The van der Waals surface area contributed by atoms with Crippen molar-refractivity contribution in [3.8, 4) is 0 Å². The summed E-state index contributed by atoms with van der Waals surface area (Å²) in [5.74, 6) is 1.86. The van der Waals surface area contributed by atoms with Crippen LogP contribution in [0.25, 0.3) is 21.9 Å². The minimum atomic E-state index is 0.198. The summed E-state index contributed by atoms with van der Waals surface area (Å²) in [4.78, 5) is 20.3. The molecular weight excluding hydrogens is 346 g/mol. The molecule has 0 bridgehead atoms. The first-order chi connectivity index (χ1) is 12.7. The van der Waals surface area contributed by atoms with Crippen molar-refractivity contribution in [1.29, 1.82) is 0 Å². The van der Waals surface area contributed by atoms with Crippen LogP contribution in [0, 0.1) is 0 Å². The molecule has 0 aliphatic heterocycles. The van der Waals surface area contributed by atoms with Gasteiger partial charge in [-0.25, -0.2) is 4.98 Å². The predicted octanol–water partition coefficient (Wildman–Crippen LogP) is 4.57. The number of benzene rings is 1. The molecule has 0 atom stereocenters. The fourth-order valence-corrected chi connectivity index (χ4v) is 3.76. The highest BCUT2D eigenvalue weighted by Gasteiger charge is 2.14. The highest BCUT2D eigenvalue weighted by molar-refractivity contribution is 8.13. The van der Waals surface area contributed by atoms with Crippen molar-refractivity contribution >= 4 is 38.8 Å². The van der Waals surface area contributed by atoms with E-state index < -0.39 is 0 Å². The lowest BCUT2D eigenvalue weighted by atomic mass is 10.2. The van der Waals surface area contributed by atoms with E-state index in [1.54, 1.807) is 6.92 Å². The van der Waals surface area contributed by atoms with Crippen molar-refractivity contribution < 1.29 is 9.53 Å². The van der Waals surface area contributed by atoms with Gasteiger partial charge in [0.2, 0.25) is 0 Å². The Morgan fingerprint density at radius 1 is 1.19 bits per heavy atom. The first-order valence-corrected chi connectivity index (χ1v) is 10.1. The topological polar surface area (TPSA) is 57.0 Å². The van der Waals surface area contributed by atoms with Gasteiger partial charge in [0.15, 0.2) is 5.12 Å². The molecule has 0 saturated heterocycles. The largest absolute Gasteiger partial charge is 0.374 e. The second-order valence-electron chi connectivity index (χ2n) is 6.23. The van der Waals surface area contributed by atoms with Crippen LogP contribution in [0.2, 0.25) is 0 Å². The lowest BCUT2D eigenvalue weighted by Gasteiger charge is -2.10. The first-order valence-electron chi connectivity index (χ1n) is 9.14. The molecule has 0 N–H and O–H groups in total. The third-order valence-electron chi connectivity index (χ3n) is 4.33. The Kier molecular flexibility index (Phi) is 6.63. The Morgan fingerprint density at radius 2 is 2.04 bits per heavy atom. The molecule has 5 nitrogen and oxygen atoms in total. The van der Waals surface area contributed by atoms with Gasteiger partial charge in [-0.2, -0.15) is 0 Å². The molecule has 0 aliphatic rings. The van der Waals surface area contributed by atoms with Crippen molar-refractivity contribution in [3.05, 3.63) is 36.3 Å². The number of fused-ring (bicyclic) bond motifs is 3. The van der Waals surface area contributed by atoms with E-state index in [-0.39, 0.29) is 5.12 Å². The van der Waals surface area contributed by atoms with Crippen LogP contribution in [0.1, 0.15) is 38.9 Å². The van der Waals surface area contributed by atoms with Crippen LogP contribution in [0.4, 0.5) is 0 Å². The second-order valence-corrected chi connectivity index (χ2v) is 7.50. The molecule has 2 heterocycles. The summed E-state index contributed by atoms with van der Waals surface area (Å²) in [6.07, 6.45) is 5.06. The first kappa shape index (κ1) is 18.9. The Hall–Kier alpha value is -1.92. The number of hydrogen-bond acceptors (Lipinski definition) is 5. The van der Waals surface area contributed by atoms with Gasteiger partial charge in [0.25, 0.3) is 0 Å². The highest BCUT2D eigenvalue weighted by Crippen LogP contribution is 2.25. The standard InChI is InChI=1S/C20H25N3O2S/c1-3-25-14-19-22-18-13-21-17-10-6-5-9-16(17)20(18)23(19)11-7-4-8-12-26-15(2)24/h5-6,9-10,13H,3-4,7-8,11-12,14H2,1-2H3. The molecule has 138 valence electrons. The maximum absolute atomic E-state index is 11.0. The van der Waals surface area contributed by atoms with Crippen LogP contribution in [0.5, 0.6) is 0 Å². The predicted molar refractivity (Wildman–Crippen MR) is 107 cm³/mol. The van der Waals surface area contributed by atoms with E-state index in [0.29, 0.717) is 13.2 Å². The molecule has 0 aliphatic carbocycles. The average molecular weight is 372 g/mol. The van der Waals surface area contributed by atoms with Gasteiger partial charge in [-0.15, -0.1) is 0 Å². The van der Waals surface area contributed by atoms with Crippen LogP contribution in [-0.2, 0) is 22.7 Å². The fourth-order valence-electron chi connectivity index (χ4n) is 3.12. The molecule has 26 heavy (non-hydrogen) atoms. The number of carbonyl (C=O) groups is 1. The Morgan fingerprint density at radius 3 is 2.85 bits per heavy atom. The zero-order valence-electron chi connectivity index (χ0n) is 15.4. The van der Waals surface area contributed by atoms with Crippen molar-refractivity contribution in [1.82, 2.24) is 14.5 Å². The molecule has 6 heteroatoms. The fraction of sp³-hybridized carbons (Fsp3) is 0.450. The van der Waals surface area contributed by atoms with E-state index in [0.717, 1.165) is 59.3 Å². The van der Waals surface area contributed by atoms with E-state index in [1.807, 2.05) is 31.3 Å². The van der Waals surface area contributed by atoms with Crippen molar-refractivity contribution in [2.45, 2.75) is 46.3 Å². The van der Waals surface area contributed by atoms with Gasteiger partial charge >= 0.3 is 0 Å². The van der Waals surface area contributed by atoms with Crippen LogP contribution in [0.3, 0.4) is 0 Å². The Bertz CT molecular complexity index is 891. The minimum Gasteiger partial charge on any atom is -0.374 e. The summed E-state index contributed by atoms with van der Waals surface area (Å²) in [7, 11) is 0. The van der Waals surface area contributed by atoms with E-state index in [1.165, 1.54) is 11.8 Å². The van der Waals surface area contributed by atoms with E-state index in [4.69, 9.17) is 9.72 Å². The van der Waals surface area contributed by atoms with Crippen molar-refractivity contribution in [2.24, 2.45) is 0 Å². The van der Waals surface area contributed by atoms with E-state index in [9.17, 15) is 4.79 Å². The lowest BCUT2D eigenvalue weighted by molar-refractivity contribution is -0.109. The maximum atomic E-state index is 11.0. The van der Waals surface area contributed by atoms with Gasteiger partial charge in [0.1, 0.15) is 17.9 Å². The number of ether oxygens (including phenoxy) is 1. The van der Waals surface area contributed by atoms with Crippen molar-refractivity contribution in [3.63, 3.8) is 0 Å². The summed E-state index contributed by atoms with van der Waals surface area (Å²) in [5.41, 5.74) is 3.05. The second kappa shape index (κ2) is 9.14. The third kappa shape index (κ3) is 4.43. The number of imidazole rings is 1. The van der Waals surface area contributed by atoms with Crippen LogP contribution < -0.4 is 0 Å². The normalized spacial score (nSPS) is 11.5. The van der Waals surface area contributed by atoms with E-state index in [2.05, 4.69) is 15.6 Å². The Labute approximate surface area is 158 Å². The summed E-state index contributed by atoms with van der Waals surface area (Å²) in [6.45, 7) is 5.71.